The zero-order valence-corrected chi connectivity index (χ0v) is 20.9. The normalized spacial score (nSPS) is 30.3. The Kier molecular flexibility index (Phi) is 6.21. The lowest BCUT2D eigenvalue weighted by Crippen LogP contribution is -2.48. The third kappa shape index (κ3) is 4.55. The molecular formula is C27H34N4O2S. The molecule has 5 fully saturated rings. The first-order chi connectivity index (χ1) is 16.7. The number of benzene rings is 1. The molecule has 2 heterocycles. The van der Waals surface area contributed by atoms with Crippen LogP contribution in [0.4, 0.5) is 5.69 Å². The minimum absolute atomic E-state index is 0.180. The zero-order chi connectivity index (χ0) is 23.0. The van der Waals surface area contributed by atoms with E-state index in [1.165, 1.54) is 44.2 Å². The Hall–Kier alpha value is -2.17. The molecule has 5 aliphatic rings. The molecule has 180 valence electrons. The van der Waals surface area contributed by atoms with Crippen LogP contribution in [-0.2, 0) is 5.41 Å². The Morgan fingerprint density at radius 3 is 2.47 bits per heavy atom. The summed E-state index contributed by atoms with van der Waals surface area (Å²) >= 11 is 1.58. The highest BCUT2D eigenvalue weighted by atomic mass is 32.2. The molecule has 0 atom stereocenters. The van der Waals surface area contributed by atoms with E-state index >= 15 is 0 Å². The number of hydrogen-bond donors (Lipinski definition) is 0. The molecule has 4 saturated carbocycles. The molecule has 6 nitrogen and oxygen atoms in total. The first-order valence-corrected chi connectivity index (χ1v) is 13.7. The minimum atomic E-state index is 0.180. The van der Waals surface area contributed by atoms with Crippen LogP contribution in [0.2, 0.25) is 0 Å². The van der Waals surface area contributed by atoms with Crippen molar-refractivity contribution in [1.82, 2.24) is 15.1 Å². The van der Waals surface area contributed by atoms with Crippen molar-refractivity contribution in [2.75, 3.05) is 50.5 Å². The topological polar surface area (TPSA) is 54.6 Å². The van der Waals surface area contributed by atoms with Gasteiger partial charge in [-0.05, 0) is 68.4 Å². The second-order valence-electron chi connectivity index (χ2n) is 10.7. The number of methoxy groups -OCH3 is 1. The molecule has 0 N–H and O–H groups in total. The SMILES string of the molecule is COc1cccc(N2CCN(CC#CCSc3nnc(C45CC6CC(CC(C6)C4)C5)o3)CC2)c1. The molecule has 7 heteroatoms. The van der Waals surface area contributed by atoms with E-state index in [1.54, 1.807) is 18.9 Å². The molecule has 0 spiro atoms. The number of rotatable bonds is 6. The van der Waals surface area contributed by atoms with Crippen LogP contribution in [0.3, 0.4) is 0 Å². The summed E-state index contributed by atoms with van der Waals surface area (Å²) in [5, 5.41) is 9.57. The van der Waals surface area contributed by atoms with Crippen LogP contribution in [0, 0.1) is 29.6 Å². The van der Waals surface area contributed by atoms with Gasteiger partial charge < -0.3 is 14.1 Å². The number of hydrogen-bond acceptors (Lipinski definition) is 7. The lowest BCUT2D eigenvalue weighted by atomic mass is 9.49. The van der Waals surface area contributed by atoms with Crippen molar-refractivity contribution in [2.45, 2.75) is 49.2 Å². The van der Waals surface area contributed by atoms with Crippen molar-refractivity contribution in [3.8, 4) is 17.6 Å². The van der Waals surface area contributed by atoms with Gasteiger partial charge in [-0.2, -0.15) is 0 Å². The number of ether oxygens (including phenoxy) is 1. The molecule has 0 unspecified atom stereocenters. The minimum Gasteiger partial charge on any atom is -0.497 e. The lowest BCUT2D eigenvalue weighted by molar-refractivity contribution is -0.0191. The molecular weight excluding hydrogens is 444 g/mol. The highest BCUT2D eigenvalue weighted by molar-refractivity contribution is 7.99. The van der Waals surface area contributed by atoms with Crippen molar-refractivity contribution in [3.05, 3.63) is 30.2 Å². The van der Waals surface area contributed by atoms with Gasteiger partial charge in [0.25, 0.3) is 5.22 Å². The highest BCUT2D eigenvalue weighted by Gasteiger charge is 2.54. The summed E-state index contributed by atoms with van der Waals surface area (Å²) in [5.74, 6) is 11.8. The molecule has 1 aromatic carbocycles. The Bertz CT molecular complexity index is 1030. The van der Waals surface area contributed by atoms with Gasteiger partial charge in [-0.15, -0.1) is 10.2 Å². The fourth-order valence-corrected chi connectivity index (χ4v) is 7.68. The van der Waals surface area contributed by atoms with E-state index in [4.69, 9.17) is 9.15 Å². The summed E-state index contributed by atoms with van der Waals surface area (Å²) in [5.41, 5.74) is 1.41. The molecule has 0 radical (unpaired) electrons. The maximum Gasteiger partial charge on any atom is 0.277 e. The maximum absolute atomic E-state index is 6.18. The van der Waals surface area contributed by atoms with Gasteiger partial charge in [0, 0.05) is 43.3 Å². The number of anilines is 1. The molecule has 2 aromatic rings. The van der Waals surface area contributed by atoms with Gasteiger partial charge in [0.1, 0.15) is 5.75 Å². The van der Waals surface area contributed by atoms with Crippen LogP contribution in [0.1, 0.15) is 44.4 Å². The Balaban J connectivity index is 0.960. The van der Waals surface area contributed by atoms with Gasteiger partial charge in [-0.25, -0.2) is 0 Å². The van der Waals surface area contributed by atoms with E-state index in [9.17, 15) is 0 Å². The molecule has 7 rings (SSSR count). The number of thioether (sulfide) groups is 1. The van der Waals surface area contributed by atoms with Crippen LogP contribution in [0.25, 0.3) is 0 Å². The quantitative estimate of drug-likeness (QED) is 0.449. The monoisotopic (exact) mass is 478 g/mol. The molecule has 34 heavy (non-hydrogen) atoms. The summed E-state index contributed by atoms with van der Waals surface area (Å²) in [6, 6.07) is 8.31. The highest BCUT2D eigenvalue weighted by Crippen LogP contribution is 2.60. The standard InChI is InChI=1S/C27H34N4O2S/c1-32-24-6-4-5-23(16-24)31-10-8-30(9-11-31)7-2-3-12-34-26-29-28-25(33-26)27-17-20-13-21(18-27)15-22(14-20)19-27/h4-6,16,20-22H,7-15,17-19H2,1H3. The Morgan fingerprint density at radius 1 is 1.03 bits per heavy atom. The van der Waals surface area contributed by atoms with E-state index in [-0.39, 0.29) is 5.41 Å². The van der Waals surface area contributed by atoms with E-state index in [0.717, 1.165) is 62.1 Å². The molecule has 1 saturated heterocycles. The third-order valence-corrected chi connectivity index (χ3v) is 9.09. The fraction of sp³-hybridized carbons (Fsp3) is 0.630. The number of nitrogens with zero attached hydrogens (tertiary/aromatic N) is 4. The second kappa shape index (κ2) is 9.47. The first-order valence-electron chi connectivity index (χ1n) is 12.7. The van der Waals surface area contributed by atoms with Crippen LogP contribution in [0.15, 0.2) is 33.9 Å². The van der Waals surface area contributed by atoms with E-state index < -0.39 is 0 Å². The van der Waals surface area contributed by atoms with E-state index in [1.807, 2.05) is 6.07 Å². The predicted octanol–water partition coefficient (Wildman–Crippen LogP) is 4.46. The summed E-state index contributed by atoms with van der Waals surface area (Å²) in [6.07, 6.45) is 8.07. The van der Waals surface area contributed by atoms with Crippen LogP contribution in [0.5, 0.6) is 5.75 Å². The summed E-state index contributed by atoms with van der Waals surface area (Å²) in [4.78, 5) is 4.84. The Morgan fingerprint density at radius 2 is 1.76 bits per heavy atom. The van der Waals surface area contributed by atoms with Gasteiger partial charge in [-0.1, -0.05) is 29.7 Å². The molecule has 0 amide bonds. The summed E-state index contributed by atoms with van der Waals surface area (Å²) in [7, 11) is 1.72. The number of piperazine rings is 1. The fourth-order valence-electron chi connectivity index (χ4n) is 7.14. The van der Waals surface area contributed by atoms with Crippen LogP contribution in [-0.4, -0.2) is 60.7 Å². The molecule has 4 aliphatic carbocycles. The van der Waals surface area contributed by atoms with E-state index in [0.29, 0.717) is 11.0 Å². The lowest BCUT2D eigenvalue weighted by Gasteiger charge is -2.55. The number of aromatic nitrogens is 2. The average molecular weight is 479 g/mol. The van der Waals surface area contributed by atoms with Crippen molar-refractivity contribution in [1.29, 1.82) is 0 Å². The van der Waals surface area contributed by atoms with Gasteiger partial charge >= 0.3 is 0 Å². The summed E-state index contributed by atoms with van der Waals surface area (Å²) in [6.45, 7) is 4.89. The average Bonchev–Trinajstić information content (AvgIpc) is 3.33. The molecule has 1 aromatic heterocycles. The van der Waals surface area contributed by atoms with Gasteiger partial charge in [0.15, 0.2) is 0 Å². The van der Waals surface area contributed by atoms with Crippen LogP contribution < -0.4 is 9.64 Å². The van der Waals surface area contributed by atoms with Crippen LogP contribution >= 0.6 is 11.8 Å². The molecule has 4 bridgehead atoms. The molecule has 1 aliphatic heterocycles. The van der Waals surface area contributed by atoms with Gasteiger partial charge in [-0.3, -0.25) is 4.90 Å². The van der Waals surface area contributed by atoms with Gasteiger partial charge in [0.2, 0.25) is 5.89 Å². The van der Waals surface area contributed by atoms with Crippen molar-refractivity contribution in [3.63, 3.8) is 0 Å². The third-order valence-electron chi connectivity index (χ3n) is 8.38. The van der Waals surface area contributed by atoms with Crippen molar-refractivity contribution < 1.29 is 9.15 Å². The largest absolute Gasteiger partial charge is 0.497 e. The smallest absolute Gasteiger partial charge is 0.277 e. The maximum atomic E-state index is 6.18. The van der Waals surface area contributed by atoms with Gasteiger partial charge in [0.05, 0.1) is 19.4 Å². The first kappa shape index (κ1) is 22.3. The predicted molar refractivity (Wildman–Crippen MR) is 134 cm³/mol. The van der Waals surface area contributed by atoms with Crippen molar-refractivity contribution >= 4 is 17.4 Å². The van der Waals surface area contributed by atoms with E-state index in [2.05, 4.69) is 50.0 Å². The van der Waals surface area contributed by atoms with Crippen molar-refractivity contribution in [2.24, 2.45) is 17.8 Å². The second-order valence-corrected chi connectivity index (χ2v) is 11.6. The summed E-state index contributed by atoms with van der Waals surface area (Å²) < 4.78 is 11.5. The Labute approximate surface area is 206 Å². The zero-order valence-electron chi connectivity index (χ0n) is 20.0.